The summed E-state index contributed by atoms with van der Waals surface area (Å²) >= 11 is 0. The number of aromatic amines is 1. The molecule has 108 valence electrons. The van der Waals surface area contributed by atoms with Crippen molar-refractivity contribution in [1.82, 2.24) is 20.2 Å². The van der Waals surface area contributed by atoms with Crippen molar-refractivity contribution in [2.75, 3.05) is 0 Å². The van der Waals surface area contributed by atoms with Gasteiger partial charge < -0.3 is 4.98 Å². The van der Waals surface area contributed by atoms with E-state index in [4.69, 9.17) is 0 Å². The van der Waals surface area contributed by atoms with Crippen LogP contribution in [-0.2, 0) is 12.8 Å². The summed E-state index contributed by atoms with van der Waals surface area (Å²) in [4.78, 5) is 7.65. The normalized spacial score (nSPS) is 11.2. The predicted molar refractivity (Wildman–Crippen MR) is 84.5 cm³/mol. The molecule has 0 spiro atoms. The Kier molecular flexibility index (Phi) is 3.45. The molecule has 3 heterocycles. The Morgan fingerprint density at radius 1 is 1.05 bits per heavy atom. The van der Waals surface area contributed by atoms with Crippen molar-refractivity contribution in [2.45, 2.75) is 40.5 Å². The molecule has 0 radical (unpaired) electrons. The third-order valence-electron chi connectivity index (χ3n) is 4.17. The number of aryl methyl sites for hydroxylation is 2. The first-order chi connectivity index (χ1) is 10.1. The predicted octanol–water partition coefficient (Wildman–Crippen LogP) is 3.43. The second-order valence-electron chi connectivity index (χ2n) is 5.60. The molecule has 0 aromatic carbocycles. The van der Waals surface area contributed by atoms with Crippen LogP contribution in [0.4, 0.5) is 0 Å². The Hall–Kier alpha value is -2.23. The monoisotopic (exact) mass is 280 g/mol. The molecule has 3 rings (SSSR count). The van der Waals surface area contributed by atoms with E-state index in [9.17, 15) is 0 Å². The number of fused-ring (bicyclic) bond motifs is 1. The number of aromatic nitrogens is 4. The number of nitrogens with one attached hydrogen (secondary N) is 1. The number of rotatable bonds is 3. The van der Waals surface area contributed by atoms with Crippen molar-refractivity contribution in [3.8, 4) is 0 Å². The van der Waals surface area contributed by atoms with Gasteiger partial charge in [-0.1, -0.05) is 6.92 Å². The van der Waals surface area contributed by atoms with Crippen LogP contribution in [0.5, 0.6) is 0 Å². The van der Waals surface area contributed by atoms with E-state index < -0.39 is 0 Å². The zero-order chi connectivity index (χ0) is 15.0. The minimum absolute atomic E-state index is 0.787. The maximum atomic E-state index is 4.43. The van der Waals surface area contributed by atoms with Gasteiger partial charge in [0, 0.05) is 24.2 Å². The second kappa shape index (κ2) is 5.28. The summed E-state index contributed by atoms with van der Waals surface area (Å²) in [5.74, 6) is 0. The van der Waals surface area contributed by atoms with Crippen molar-refractivity contribution in [1.29, 1.82) is 0 Å². The van der Waals surface area contributed by atoms with Gasteiger partial charge in [-0.25, -0.2) is 4.98 Å². The number of H-pyrrole nitrogens is 1. The van der Waals surface area contributed by atoms with Gasteiger partial charge in [0.25, 0.3) is 0 Å². The van der Waals surface area contributed by atoms with Gasteiger partial charge in [0.1, 0.15) is 5.65 Å². The minimum atomic E-state index is 0.787. The van der Waals surface area contributed by atoms with E-state index in [1.165, 1.54) is 27.6 Å². The summed E-state index contributed by atoms with van der Waals surface area (Å²) in [5.41, 5.74) is 7.97. The molecule has 0 amide bonds. The molecule has 0 unspecified atom stereocenters. The number of hydrogen-bond donors (Lipinski definition) is 1. The molecular weight excluding hydrogens is 260 g/mol. The van der Waals surface area contributed by atoms with Crippen LogP contribution in [0, 0.1) is 20.8 Å². The van der Waals surface area contributed by atoms with E-state index >= 15 is 0 Å². The van der Waals surface area contributed by atoms with Gasteiger partial charge in [-0.3, -0.25) is 0 Å². The zero-order valence-electron chi connectivity index (χ0n) is 13.0. The summed E-state index contributed by atoms with van der Waals surface area (Å²) in [5, 5.41) is 9.96. The van der Waals surface area contributed by atoms with E-state index in [0.717, 1.165) is 29.9 Å². The molecule has 0 fully saturated rings. The van der Waals surface area contributed by atoms with Crippen LogP contribution in [0.1, 0.15) is 40.6 Å². The topological polar surface area (TPSA) is 54.5 Å². The highest BCUT2D eigenvalue weighted by Crippen LogP contribution is 2.22. The summed E-state index contributed by atoms with van der Waals surface area (Å²) in [6.07, 6.45) is 5.63. The largest absolute Gasteiger partial charge is 0.346 e. The summed E-state index contributed by atoms with van der Waals surface area (Å²) in [6.45, 7) is 8.45. The molecule has 0 aliphatic carbocycles. The lowest BCUT2D eigenvalue weighted by atomic mass is 10.0. The van der Waals surface area contributed by atoms with Crippen LogP contribution in [0.25, 0.3) is 11.0 Å². The average Bonchev–Trinajstić information content (AvgIpc) is 2.86. The molecule has 0 saturated carbocycles. The highest BCUT2D eigenvalue weighted by molar-refractivity contribution is 5.80. The molecule has 4 heteroatoms. The molecular formula is C17H20N4. The van der Waals surface area contributed by atoms with Crippen molar-refractivity contribution in [2.24, 2.45) is 0 Å². The van der Waals surface area contributed by atoms with Crippen molar-refractivity contribution in [3.63, 3.8) is 0 Å². The Morgan fingerprint density at radius 2 is 1.76 bits per heavy atom. The lowest BCUT2D eigenvalue weighted by Crippen LogP contribution is -2.05. The Labute approximate surface area is 124 Å². The smallest absolute Gasteiger partial charge is 0.137 e. The van der Waals surface area contributed by atoms with Gasteiger partial charge in [0.05, 0.1) is 11.4 Å². The van der Waals surface area contributed by atoms with Crippen LogP contribution < -0.4 is 0 Å². The van der Waals surface area contributed by atoms with Crippen molar-refractivity contribution in [3.05, 3.63) is 52.1 Å². The molecule has 0 atom stereocenters. The van der Waals surface area contributed by atoms with Crippen molar-refractivity contribution < 1.29 is 0 Å². The highest BCUT2D eigenvalue weighted by atomic mass is 15.1. The Morgan fingerprint density at radius 3 is 2.52 bits per heavy atom. The fourth-order valence-electron chi connectivity index (χ4n) is 2.70. The highest BCUT2D eigenvalue weighted by Gasteiger charge is 2.12. The maximum absolute atomic E-state index is 4.43. The average molecular weight is 280 g/mol. The molecule has 3 aromatic heterocycles. The van der Waals surface area contributed by atoms with Crippen LogP contribution in [0.3, 0.4) is 0 Å². The van der Waals surface area contributed by atoms with E-state index in [1.807, 2.05) is 12.4 Å². The number of nitrogens with zero attached hydrogens (tertiary/aromatic N) is 3. The van der Waals surface area contributed by atoms with Crippen LogP contribution >= 0.6 is 0 Å². The SMILES string of the molecule is CCc1nnc(Cc2c[nH]c3ncc(C)cc23)c(C)c1C. The van der Waals surface area contributed by atoms with Crippen LogP contribution in [-0.4, -0.2) is 20.2 Å². The van der Waals surface area contributed by atoms with Crippen LogP contribution in [0.2, 0.25) is 0 Å². The van der Waals surface area contributed by atoms with E-state index in [1.54, 1.807) is 0 Å². The van der Waals surface area contributed by atoms with Gasteiger partial charge in [0.15, 0.2) is 0 Å². The van der Waals surface area contributed by atoms with E-state index in [-0.39, 0.29) is 0 Å². The van der Waals surface area contributed by atoms with Gasteiger partial charge in [-0.15, -0.1) is 0 Å². The second-order valence-corrected chi connectivity index (χ2v) is 5.60. The first-order valence-electron chi connectivity index (χ1n) is 7.34. The Bertz CT molecular complexity index is 802. The first kappa shape index (κ1) is 13.7. The molecule has 0 aliphatic heterocycles. The molecule has 1 N–H and O–H groups in total. The molecule has 4 nitrogen and oxygen atoms in total. The van der Waals surface area contributed by atoms with Crippen molar-refractivity contribution >= 4 is 11.0 Å². The quantitative estimate of drug-likeness (QED) is 0.799. The molecule has 21 heavy (non-hydrogen) atoms. The third-order valence-corrected chi connectivity index (χ3v) is 4.17. The maximum Gasteiger partial charge on any atom is 0.137 e. The lowest BCUT2D eigenvalue weighted by Gasteiger charge is -2.09. The zero-order valence-corrected chi connectivity index (χ0v) is 13.0. The minimum Gasteiger partial charge on any atom is -0.346 e. The standard InChI is InChI=1S/C17H20N4/c1-5-15-11(3)12(4)16(21-20-15)7-13-9-19-17-14(13)6-10(2)8-18-17/h6,8-9H,5,7H2,1-4H3,(H,18,19). The van der Waals surface area contributed by atoms with Gasteiger partial charge in [0.2, 0.25) is 0 Å². The lowest BCUT2D eigenvalue weighted by molar-refractivity contribution is 0.842. The van der Waals surface area contributed by atoms with E-state index in [2.05, 4.69) is 53.9 Å². The third kappa shape index (κ3) is 2.42. The van der Waals surface area contributed by atoms with Gasteiger partial charge >= 0.3 is 0 Å². The fourth-order valence-corrected chi connectivity index (χ4v) is 2.70. The summed E-state index contributed by atoms with van der Waals surface area (Å²) in [7, 11) is 0. The van der Waals surface area contributed by atoms with Gasteiger partial charge in [-0.2, -0.15) is 10.2 Å². The van der Waals surface area contributed by atoms with Crippen LogP contribution in [0.15, 0.2) is 18.5 Å². The molecule has 3 aromatic rings. The Balaban J connectivity index is 2.03. The van der Waals surface area contributed by atoms with E-state index in [0.29, 0.717) is 0 Å². The van der Waals surface area contributed by atoms with Gasteiger partial charge in [-0.05, 0) is 55.5 Å². The summed E-state index contributed by atoms with van der Waals surface area (Å²) < 4.78 is 0. The first-order valence-corrected chi connectivity index (χ1v) is 7.34. The summed E-state index contributed by atoms with van der Waals surface area (Å²) in [6, 6.07) is 2.17. The molecule has 0 saturated heterocycles. The molecule has 0 bridgehead atoms. The fraction of sp³-hybridized carbons (Fsp3) is 0.353. The molecule has 0 aliphatic rings. The number of hydrogen-bond acceptors (Lipinski definition) is 3. The number of pyridine rings is 1.